The Morgan fingerprint density at radius 2 is 1.68 bits per heavy atom. The number of rotatable bonds is 4. The highest BCUT2D eigenvalue weighted by Crippen LogP contribution is 2.70. The van der Waals surface area contributed by atoms with E-state index in [1.54, 1.807) is 0 Å². The zero-order valence-electron chi connectivity index (χ0n) is 28.7. The largest absolute Gasteiger partial charge is 0.487 e. The van der Waals surface area contributed by atoms with Crippen LogP contribution in [0.4, 0.5) is 0 Å². The van der Waals surface area contributed by atoms with Gasteiger partial charge in [0.1, 0.15) is 23.6 Å². The lowest BCUT2D eigenvalue weighted by molar-refractivity contribution is -0.133. The molecule has 0 amide bonds. The first-order valence-corrected chi connectivity index (χ1v) is 17.4. The molecule has 6 aliphatic rings. The minimum atomic E-state index is -0.596. The molecule has 8 atom stereocenters. The van der Waals surface area contributed by atoms with Gasteiger partial charge < -0.3 is 14.6 Å². The van der Waals surface area contributed by atoms with E-state index in [0.717, 1.165) is 23.3 Å². The smallest absolute Gasteiger partial charge is 0.181 e. The standard InChI is InChI=1S/C40H54O4/c1-22(2)25-18-24-12-13-30-36(5,6)15-11-16-38(30,9)27(24)19-29(25)43-33-34-37(7,8)32(42)14-17-39(34,10)31-20-28(41)26(23(3)4)21-40(31)35(33)44-40/h12-13,18-23,30,32-35,42H,11,14-17H2,1-10H3/t30?,32-,33+,34?,35-,38+,39+,40+/m0/s1. The van der Waals surface area contributed by atoms with Gasteiger partial charge in [0.25, 0.3) is 0 Å². The maximum Gasteiger partial charge on any atom is 0.181 e. The first-order valence-electron chi connectivity index (χ1n) is 17.4. The Kier molecular flexibility index (Phi) is 6.54. The number of carbonyl (C=O) groups excluding carboxylic acids is 1. The van der Waals surface area contributed by atoms with Gasteiger partial charge in [-0.1, -0.05) is 87.8 Å². The van der Waals surface area contributed by atoms with Crippen molar-refractivity contribution in [2.24, 2.45) is 34.0 Å². The molecule has 7 rings (SSSR count). The van der Waals surface area contributed by atoms with Crippen LogP contribution in [0.5, 0.6) is 5.75 Å². The summed E-state index contributed by atoms with van der Waals surface area (Å²) >= 11 is 0. The number of aliphatic hydroxyl groups excluding tert-OH is 1. The van der Waals surface area contributed by atoms with E-state index in [0.29, 0.717) is 18.3 Å². The van der Waals surface area contributed by atoms with Crippen LogP contribution in [-0.4, -0.2) is 34.8 Å². The highest BCUT2D eigenvalue weighted by Gasteiger charge is 2.76. The van der Waals surface area contributed by atoms with Crippen LogP contribution in [0.2, 0.25) is 0 Å². The first kappa shape index (κ1) is 30.5. The monoisotopic (exact) mass is 598 g/mol. The number of fused-ring (bicyclic) bond motifs is 5. The number of carbonyl (C=O) groups is 1. The molecule has 0 bridgehead atoms. The number of hydrogen-bond acceptors (Lipinski definition) is 4. The molecule has 0 aromatic heterocycles. The molecule has 4 fully saturated rings. The summed E-state index contributed by atoms with van der Waals surface area (Å²) in [5, 5.41) is 11.4. The average Bonchev–Trinajstić information content (AvgIpc) is 3.65. The number of allylic oxidation sites excluding steroid dienone is 3. The molecule has 1 spiro atoms. The number of ketones is 1. The van der Waals surface area contributed by atoms with E-state index >= 15 is 0 Å². The van der Waals surface area contributed by atoms with Crippen LogP contribution < -0.4 is 4.74 Å². The van der Waals surface area contributed by atoms with Crippen molar-refractivity contribution in [2.75, 3.05) is 0 Å². The zero-order chi connectivity index (χ0) is 31.8. The zero-order valence-corrected chi connectivity index (χ0v) is 28.7. The molecule has 1 aromatic carbocycles. The third-order valence-corrected chi connectivity index (χ3v) is 13.4. The maximum atomic E-state index is 13.4. The fourth-order valence-electron chi connectivity index (χ4n) is 11.0. The molecule has 0 radical (unpaired) electrons. The third kappa shape index (κ3) is 3.98. The lowest BCUT2D eigenvalue weighted by atomic mass is 9.46. The van der Waals surface area contributed by atoms with Gasteiger partial charge in [-0.25, -0.2) is 0 Å². The Morgan fingerprint density at radius 3 is 2.36 bits per heavy atom. The SMILES string of the molecule is CC(C)C1=C[C@]23O[C@H]2[C@H](Oc2cc4c(cc2C(C)C)C=CC2C(C)(C)CCC[C@]42C)C2C(C)(C)[C@@H](O)CC[C@]2(C)C3=CC1=O. The Hall–Kier alpha value is -2.17. The lowest BCUT2D eigenvalue weighted by Crippen LogP contribution is -2.63. The number of epoxide rings is 1. The van der Waals surface area contributed by atoms with Crippen molar-refractivity contribution >= 4 is 11.9 Å². The van der Waals surface area contributed by atoms with Crippen molar-refractivity contribution in [3.63, 3.8) is 0 Å². The molecule has 1 aliphatic heterocycles. The van der Waals surface area contributed by atoms with Crippen molar-refractivity contribution in [1.82, 2.24) is 0 Å². The van der Waals surface area contributed by atoms with Gasteiger partial charge in [-0.3, -0.25) is 4.79 Å². The molecule has 4 nitrogen and oxygen atoms in total. The third-order valence-electron chi connectivity index (χ3n) is 13.4. The molecule has 238 valence electrons. The number of aliphatic hydroxyl groups is 1. The highest BCUT2D eigenvalue weighted by molar-refractivity contribution is 6.07. The van der Waals surface area contributed by atoms with Crippen LogP contribution in [0.3, 0.4) is 0 Å². The van der Waals surface area contributed by atoms with Gasteiger partial charge in [0.15, 0.2) is 5.78 Å². The quantitative estimate of drug-likeness (QED) is 0.352. The minimum Gasteiger partial charge on any atom is -0.487 e. The molecular formula is C40H54O4. The average molecular weight is 599 g/mol. The van der Waals surface area contributed by atoms with Crippen LogP contribution in [0.1, 0.15) is 124 Å². The Morgan fingerprint density at radius 1 is 0.955 bits per heavy atom. The summed E-state index contributed by atoms with van der Waals surface area (Å²) < 4.78 is 14.2. The van der Waals surface area contributed by atoms with Crippen LogP contribution >= 0.6 is 0 Å². The van der Waals surface area contributed by atoms with Crippen LogP contribution in [-0.2, 0) is 14.9 Å². The summed E-state index contributed by atoms with van der Waals surface area (Å²) in [5.41, 5.74) is 4.90. The minimum absolute atomic E-state index is 0.0136. The van der Waals surface area contributed by atoms with Crippen LogP contribution in [0, 0.1) is 34.0 Å². The van der Waals surface area contributed by atoms with Gasteiger partial charge in [0, 0.05) is 11.5 Å². The van der Waals surface area contributed by atoms with E-state index in [4.69, 9.17) is 9.47 Å². The van der Waals surface area contributed by atoms with Gasteiger partial charge >= 0.3 is 0 Å². The van der Waals surface area contributed by atoms with E-state index in [1.807, 2.05) is 6.08 Å². The molecule has 2 unspecified atom stereocenters. The highest BCUT2D eigenvalue weighted by atomic mass is 16.6. The molecule has 1 N–H and O–H groups in total. The molecular weight excluding hydrogens is 544 g/mol. The summed E-state index contributed by atoms with van der Waals surface area (Å²) in [6.45, 7) is 22.8. The molecule has 44 heavy (non-hydrogen) atoms. The Bertz CT molecular complexity index is 1500. The summed E-state index contributed by atoms with van der Waals surface area (Å²) in [6, 6.07) is 4.79. The van der Waals surface area contributed by atoms with Gasteiger partial charge in [-0.2, -0.15) is 0 Å². The Labute approximate surface area is 265 Å². The van der Waals surface area contributed by atoms with E-state index in [9.17, 15) is 9.90 Å². The fraction of sp³-hybridized carbons (Fsp3) is 0.675. The number of hydrogen-bond donors (Lipinski definition) is 1. The molecule has 1 aromatic rings. The lowest BCUT2D eigenvalue weighted by Gasteiger charge is -2.59. The van der Waals surface area contributed by atoms with Crippen molar-refractivity contribution in [3.05, 3.63) is 58.2 Å². The maximum absolute atomic E-state index is 13.4. The predicted octanol–water partition coefficient (Wildman–Crippen LogP) is 8.71. The van der Waals surface area contributed by atoms with Gasteiger partial charge in [-0.15, -0.1) is 0 Å². The van der Waals surface area contributed by atoms with Crippen molar-refractivity contribution in [1.29, 1.82) is 0 Å². The van der Waals surface area contributed by atoms with Gasteiger partial charge in [0.05, 0.1) is 6.10 Å². The predicted molar refractivity (Wildman–Crippen MR) is 177 cm³/mol. The fourth-order valence-corrected chi connectivity index (χ4v) is 11.0. The van der Waals surface area contributed by atoms with Crippen LogP contribution in [0.25, 0.3) is 6.08 Å². The number of benzene rings is 1. The summed E-state index contributed by atoms with van der Waals surface area (Å²) in [4.78, 5) is 13.4. The van der Waals surface area contributed by atoms with Crippen molar-refractivity contribution < 1.29 is 19.4 Å². The first-order chi connectivity index (χ1) is 20.5. The van der Waals surface area contributed by atoms with E-state index in [2.05, 4.69) is 99.6 Å². The van der Waals surface area contributed by atoms with Gasteiger partial charge in [-0.05, 0) is 112 Å². The van der Waals surface area contributed by atoms with E-state index in [-0.39, 0.29) is 46.1 Å². The second-order valence-corrected chi connectivity index (χ2v) is 17.6. The second-order valence-electron chi connectivity index (χ2n) is 17.6. The molecule has 5 aliphatic carbocycles. The van der Waals surface area contributed by atoms with E-state index < -0.39 is 17.1 Å². The van der Waals surface area contributed by atoms with E-state index in [1.165, 1.54) is 36.0 Å². The molecule has 1 heterocycles. The topological polar surface area (TPSA) is 59.1 Å². The number of ether oxygens (including phenoxy) is 2. The van der Waals surface area contributed by atoms with Crippen LogP contribution in [0.15, 0.2) is 41.5 Å². The van der Waals surface area contributed by atoms with Crippen molar-refractivity contribution in [2.45, 2.75) is 137 Å². The Balaban J connectivity index is 1.37. The molecule has 4 heteroatoms. The molecule has 1 saturated heterocycles. The summed E-state index contributed by atoms with van der Waals surface area (Å²) in [6.07, 6.45) is 13.2. The second kappa shape index (κ2) is 9.44. The summed E-state index contributed by atoms with van der Waals surface area (Å²) in [5.74, 6) is 1.98. The molecule has 3 saturated carbocycles. The van der Waals surface area contributed by atoms with Gasteiger partial charge in [0.2, 0.25) is 0 Å². The summed E-state index contributed by atoms with van der Waals surface area (Å²) in [7, 11) is 0. The normalized spacial score (nSPS) is 41.1. The van der Waals surface area contributed by atoms with Crippen molar-refractivity contribution in [3.8, 4) is 5.75 Å².